The molecule has 4 heteroatoms. The van der Waals surface area contributed by atoms with Crippen molar-refractivity contribution in [3.8, 4) is 0 Å². The molecule has 18 heavy (non-hydrogen) atoms. The number of nitrogens with one attached hydrogen (secondary N) is 1. The molecule has 0 unspecified atom stereocenters. The van der Waals surface area contributed by atoms with Crippen LogP contribution in [0.4, 0.5) is 0 Å². The molecular weight excluding hydrogens is 226 g/mol. The molecule has 0 aliphatic carbocycles. The van der Waals surface area contributed by atoms with Crippen molar-refractivity contribution in [1.82, 2.24) is 14.9 Å². The SMILES string of the molecule is O=C(CCN1CCCC1)c1ccc2nc[nH]c2c1. The number of Topliss-reactive ketones (excluding diaryl/α,β-unsaturated/α-hetero) is 1. The van der Waals surface area contributed by atoms with Crippen molar-refractivity contribution in [2.45, 2.75) is 19.3 Å². The van der Waals surface area contributed by atoms with Gasteiger partial charge < -0.3 is 9.88 Å². The molecular formula is C14H17N3O. The third kappa shape index (κ3) is 2.29. The van der Waals surface area contributed by atoms with Crippen LogP contribution in [0.15, 0.2) is 24.5 Å². The first-order valence-electron chi connectivity index (χ1n) is 6.51. The Balaban J connectivity index is 1.67. The van der Waals surface area contributed by atoms with Gasteiger partial charge in [-0.05, 0) is 44.1 Å². The highest BCUT2D eigenvalue weighted by atomic mass is 16.1. The lowest BCUT2D eigenvalue weighted by Gasteiger charge is -2.13. The van der Waals surface area contributed by atoms with Gasteiger partial charge in [-0.15, -0.1) is 0 Å². The van der Waals surface area contributed by atoms with Gasteiger partial charge in [0, 0.05) is 18.5 Å². The van der Waals surface area contributed by atoms with Crippen LogP contribution in [0.3, 0.4) is 0 Å². The smallest absolute Gasteiger partial charge is 0.164 e. The second-order valence-electron chi connectivity index (χ2n) is 4.86. The van der Waals surface area contributed by atoms with Crippen LogP contribution in [0, 0.1) is 0 Å². The molecule has 0 spiro atoms. The van der Waals surface area contributed by atoms with Gasteiger partial charge in [0.25, 0.3) is 0 Å². The molecule has 0 atom stereocenters. The normalized spacial score (nSPS) is 16.4. The summed E-state index contributed by atoms with van der Waals surface area (Å²) in [4.78, 5) is 21.7. The highest BCUT2D eigenvalue weighted by molar-refractivity contribution is 5.98. The predicted octanol–water partition coefficient (Wildman–Crippen LogP) is 2.23. The molecule has 0 amide bonds. The van der Waals surface area contributed by atoms with Gasteiger partial charge in [0.15, 0.2) is 5.78 Å². The molecule has 0 saturated carbocycles. The molecule has 0 radical (unpaired) electrons. The average molecular weight is 243 g/mol. The number of likely N-dealkylation sites (tertiary alicyclic amines) is 1. The van der Waals surface area contributed by atoms with Crippen molar-refractivity contribution in [1.29, 1.82) is 0 Å². The van der Waals surface area contributed by atoms with Crippen molar-refractivity contribution in [2.24, 2.45) is 0 Å². The van der Waals surface area contributed by atoms with Crippen LogP contribution in [0.25, 0.3) is 11.0 Å². The van der Waals surface area contributed by atoms with Crippen LogP contribution in [0.1, 0.15) is 29.6 Å². The van der Waals surface area contributed by atoms with E-state index >= 15 is 0 Å². The zero-order chi connectivity index (χ0) is 12.4. The molecule has 1 saturated heterocycles. The number of aromatic nitrogens is 2. The first kappa shape index (κ1) is 11.4. The Morgan fingerprint density at radius 3 is 3.00 bits per heavy atom. The lowest BCUT2D eigenvalue weighted by atomic mass is 10.1. The number of hydrogen-bond acceptors (Lipinski definition) is 3. The van der Waals surface area contributed by atoms with E-state index in [0.29, 0.717) is 6.42 Å². The fourth-order valence-electron chi connectivity index (χ4n) is 2.52. The average Bonchev–Trinajstić information content (AvgIpc) is 3.05. The summed E-state index contributed by atoms with van der Waals surface area (Å²) >= 11 is 0. The highest BCUT2D eigenvalue weighted by Gasteiger charge is 2.14. The fraction of sp³-hybridized carbons (Fsp3) is 0.429. The monoisotopic (exact) mass is 243 g/mol. The maximum atomic E-state index is 12.1. The topological polar surface area (TPSA) is 49.0 Å². The van der Waals surface area contributed by atoms with E-state index < -0.39 is 0 Å². The summed E-state index contributed by atoms with van der Waals surface area (Å²) in [5, 5.41) is 0. The number of nitrogens with zero attached hydrogens (tertiary/aromatic N) is 2. The van der Waals surface area contributed by atoms with E-state index in [9.17, 15) is 4.79 Å². The maximum Gasteiger partial charge on any atom is 0.164 e. The number of carbonyl (C=O) groups excluding carboxylic acids is 1. The molecule has 94 valence electrons. The standard InChI is InChI=1S/C14H17N3O/c18-14(5-8-17-6-1-2-7-17)11-3-4-12-13(9-11)16-10-15-12/h3-4,9-10H,1-2,5-8H2,(H,15,16). The number of aromatic amines is 1. The number of hydrogen-bond donors (Lipinski definition) is 1. The van der Waals surface area contributed by atoms with Crippen molar-refractivity contribution in [3.63, 3.8) is 0 Å². The molecule has 3 rings (SSSR count). The first-order valence-corrected chi connectivity index (χ1v) is 6.51. The Kier molecular flexibility index (Phi) is 3.11. The van der Waals surface area contributed by atoms with Crippen molar-refractivity contribution in [3.05, 3.63) is 30.1 Å². The Bertz CT molecular complexity index is 555. The van der Waals surface area contributed by atoms with Gasteiger partial charge in [-0.3, -0.25) is 4.79 Å². The number of ketones is 1. The van der Waals surface area contributed by atoms with Crippen LogP contribution in [0.2, 0.25) is 0 Å². The minimum absolute atomic E-state index is 0.221. The zero-order valence-electron chi connectivity index (χ0n) is 10.4. The number of carbonyl (C=O) groups is 1. The molecule has 1 aromatic heterocycles. The van der Waals surface area contributed by atoms with Crippen molar-refractivity contribution < 1.29 is 4.79 Å². The van der Waals surface area contributed by atoms with Crippen LogP contribution in [-0.4, -0.2) is 40.3 Å². The molecule has 1 aliphatic heterocycles. The molecule has 2 aromatic rings. The summed E-state index contributed by atoms with van der Waals surface area (Å²) in [7, 11) is 0. The third-order valence-electron chi connectivity index (χ3n) is 3.60. The van der Waals surface area contributed by atoms with E-state index in [1.807, 2.05) is 18.2 Å². The molecule has 4 nitrogen and oxygen atoms in total. The van der Waals surface area contributed by atoms with Crippen LogP contribution in [-0.2, 0) is 0 Å². The van der Waals surface area contributed by atoms with Gasteiger partial charge in [0.1, 0.15) is 0 Å². The Morgan fingerprint density at radius 1 is 1.33 bits per heavy atom. The summed E-state index contributed by atoms with van der Waals surface area (Å²) in [5.74, 6) is 0.221. The number of imidazole rings is 1. The van der Waals surface area contributed by atoms with E-state index in [-0.39, 0.29) is 5.78 Å². The lowest BCUT2D eigenvalue weighted by molar-refractivity contribution is 0.0969. The predicted molar refractivity (Wildman–Crippen MR) is 70.7 cm³/mol. The van der Waals surface area contributed by atoms with Gasteiger partial charge in [0.2, 0.25) is 0 Å². The second-order valence-corrected chi connectivity index (χ2v) is 4.86. The summed E-state index contributed by atoms with van der Waals surface area (Å²) < 4.78 is 0. The third-order valence-corrected chi connectivity index (χ3v) is 3.60. The van der Waals surface area contributed by atoms with E-state index in [0.717, 1.165) is 36.2 Å². The van der Waals surface area contributed by atoms with Gasteiger partial charge >= 0.3 is 0 Å². The Morgan fingerprint density at radius 2 is 2.17 bits per heavy atom. The molecule has 1 aromatic carbocycles. The number of fused-ring (bicyclic) bond motifs is 1. The van der Waals surface area contributed by atoms with Gasteiger partial charge in [-0.2, -0.15) is 0 Å². The summed E-state index contributed by atoms with van der Waals surface area (Å²) in [6.45, 7) is 3.18. The molecule has 1 fully saturated rings. The number of benzene rings is 1. The van der Waals surface area contributed by atoms with E-state index in [1.165, 1.54) is 12.8 Å². The lowest BCUT2D eigenvalue weighted by Crippen LogP contribution is -2.22. The minimum atomic E-state index is 0.221. The van der Waals surface area contributed by atoms with Crippen molar-refractivity contribution in [2.75, 3.05) is 19.6 Å². The summed E-state index contributed by atoms with van der Waals surface area (Å²) in [6.07, 6.45) is 4.81. The van der Waals surface area contributed by atoms with Crippen LogP contribution >= 0.6 is 0 Å². The van der Waals surface area contributed by atoms with Gasteiger partial charge in [-0.1, -0.05) is 0 Å². The largest absolute Gasteiger partial charge is 0.345 e. The quantitative estimate of drug-likeness (QED) is 0.838. The molecule has 1 aliphatic rings. The summed E-state index contributed by atoms with van der Waals surface area (Å²) in [6, 6.07) is 5.67. The van der Waals surface area contributed by atoms with E-state index in [4.69, 9.17) is 0 Å². The highest BCUT2D eigenvalue weighted by Crippen LogP contribution is 2.14. The number of H-pyrrole nitrogens is 1. The molecule has 1 N–H and O–H groups in total. The summed E-state index contributed by atoms with van der Waals surface area (Å²) in [5.41, 5.74) is 2.62. The Hall–Kier alpha value is -1.68. The number of rotatable bonds is 4. The van der Waals surface area contributed by atoms with E-state index in [2.05, 4.69) is 14.9 Å². The van der Waals surface area contributed by atoms with E-state index in [1.54, 1.807) is 6.33 Å². The second kappa shape index (κ2) is 4.90. The van der Waals surface area contributed by atoms with Crippen LogP contribution < -0.4 is 0 Å². The van der Waals surface area contributed by atoms with Crippen molar-refractivity contribution >= 4 is 16.8 Å². The molecule has 0 bridgehead atoms. The fourth-order valence-corrected chi connectivity index (χ4v) is 2.52. The van der Waals surface area contributed by atoms with Gasteiger partial charge in [0.05, 0.1) is 17.4 Å². The van der Waals surface area contributed by atoms with Crippen LogP contribution in [0.5, 0.6) is 0 Å². The first-order chi connectivity index (χ1) is 8.83. The zero-order valence-corrected chi connectivity index (χ0v) is 10.4. The minimum Gasteiger partial charge on any atom is -0.345 e. The van der Waals surface area contributed by atoms with Gasteiger partial charge in [-0.25, -0.2) is 4.98 Å². The Labute approximate surface area is 106 Å². The molecule has 2 heterocycles. The maximum absolute atomic E-state index is 12.1.